The molecule has 3 N–H and O–H groups in total. The summed E-state index contributed by atoms with van der Waals surface area (Å²) in [5.74, 6) is 1.29. The molecule has 202 valence electrons. The van der Waals surface area contributed by atoms with Gasteiger partial charge in [-0.25, -0.2) is 9.78 Å². The Morgan fingerprint density at radius 2 is 1.95 bits per heavy atom. The molecule has 2 amide bonds. The van der Waals surface area contributed by atoms with Crippen LogP contribution >= 0.6 is 0 Å². The SMILES string of the molecule is COc1ccc(Cn2c(N)nc3c2C=CC(C(=O)N(C)CCCNC(=O)OC(C)(C)C)C3C)c(OC)c1. The molecule has 2 unspecified atom stereocenters. The number of imidazole rings is 1. The van der Waals surface area contributed by atoms with Crippen molar-refractivity contribution >= 4 is 24.0 Å². The van der Waals surface area contributed by atoms with Crippen LogP contribution in [0.15, 0.2) is 24.3 Å². The first kappa shape index (κ1) is 27.9. The number of carbonyl (C=O) groups excluding carboxylic acids is 2. The van der Waals surface area contributed by atoms with E-state index in [1.54, 1.807) is 26.2 Å². The average Bonchev–Trinajstić information content (AvgIpc) is 3.16. The topological polar surface area (TPSA) is 121 Å². The van der Waals surface area contributed by atoms with Crippen LogP contribution in [0.3, 0.4) is 0 Å². The summed E-state index contributed by atoms with van der Waals surface area (Å²) in [5, 5.41) is 2.72. The summed E-state index contributed by atoms with van der Waals surface area (Å²) in [4.78, 5) is 31.3. The zero-order valence-electron chi connectivity index (χ0n) is 22.8. The Labute approximate surface area is 218 Å². The van der Waals surface area contributed by atoms with E-state index in [-0.39, 0.29) is 17.7 Å². The molecule has 3 rings (SSSR count). The van der Waals surface area contributed by atoms with Gasteiger partial charge in [0.05, 0.1) is 38.1 Å². The maximum atomic E-state index is 13.2. The summed E-state index contributed by atoms with van der Waals surface area (Å²) in [7, 11) is 5.00. The van der Waals surface area contributed by atoms with Gasteiger partial charge in [-0.1, -0.05) is 13.0 Å². The van der Waals surface area contributed by atoms with Crippen molar-refractivity contribution in [2.45, 2.75) is 52.2 Å². The summed E-state index contributed by atoms with van der Waals surface area (Å²) in [6, 6.07) is 5.66. The molecule has 37 heavy (non-hydrogen) atoms. The van der Waals surface area contributed by atoms with Crippen LogP contribution in [0.25, 0.3) is 6.08 Å². The second kappa shape index (κ2) is 11.6. The number of amides is 2. The number of methoxy groups -OCH3 is 2. The van der Waals surface area contributed by atoms with Gasteiger partial charge in [0.15, 0.2) is 0 Å². The van der Waals surface area contributed by atoms with Crippen molar-refractivity contribution in [1.29, 1.82) is 0 Å². The Hall–Kier alpha value is -3.69. The van der Waals surface area contributed by atoms with E-state index in [1.165, 1.54) is 0 Å². The number of ether oxygens (including phenoxy) is 3. The predicted octanol–water partition coefficient (Wildman–Crippen LogP) is 3.65. The number of nitrogens with two attached hydrogens (primary N) is 1. The number of hydrogen-bond acceptors (Lipinski definition) is 7. The number of aromatic nitrogens is 2. The van der Waals surface area contributed by atoms with Crippen LogP contribution in [0.2, 0.25) is 0 Å². The lowest BCUT2D eigenvalue weighted by Gasteiger charge is -2.28. The zero-order valence-corrected chi connectivity index (χ0v) is 22.8. The summed E-state index contributed by atoms with van der Waals surface area (Å²) in [5.41, 5.74) is 8.39. The van der Waals surface area contributed by atoms with Crippen molar-refractivity contribution in [3.05, 3.63) is 41.2 Å². The van der Waals surface area contributed by atoms with Crippen LogP contribution < -0.4 is 20.5 Å². The second-order valence-corrected chi connectivity index (χ2v) is 10.2. The number of fused-ring (bicyclic) bond motifs is 1. The third-order valence-electron chi connectivity index (χ3n) is 6.32. The third kappa shape index (κ3) is 6.75. The summed E-state index contributed by atoms with van der Waals surface area (Å²) in [6.45, 7) is 8.84. The number of nitrogens with zero attached hydrogens (tertiary/aromatic N) is 3. The monoisotopic (exact) mass is 513 g/mol. The smallest absolute Gasteiger partial charge is 0.407 e. The largest absolute Gasteiger partial charge is 0.497 e. The van der Waals surface area contributed by atoms with Gasteiger partial charge in [-0.05, 0) is 45.4 Å². The second-order valence-electron chi connectivity index (χ2n) is 10.2. The molecule has 1 heterocycles. The van der Waals surface area contributed by atoms with E-state index < -0.39 is 11.7 Å². The number of rotatable bonds is 9. The van der Waals surface area contributed by atoms with Gasteiger partial charge in [0.1, 0.15) is 17.1 Å². The van der Waals surface area contributed by atoms with Crippen molar-refractivity contribution in [2.24, 2.45) is 5.92 Å². The van der Waals surface area contributed by atoms with Crippen molar-refractivity contribution in [1.82, 2.24) is 19.8 Å². The van der Waals surface area contributed by atoms with Crippen molar-refractivity contribution in [2.75, 3.05) is 40.1 Å². The Bertz CT molecular complexity index is 1150. The average molecular weight is 514 g/mol. The number of nitrogen functional groups attached to an aromatic ring is 1. The summed E-state index contributed by atoms with van der Waals surface area (Å²) < 4.78 is 18.0. The van der Waals surface area contributed by atoms with E-state index in [0.717, 1.165) is 17.0 Å². The van der Waals surface area contributed by atoms with Gasteiger partial charge in [0, 0.05) is 37.7 Å². The molecule has 2 aromatic rings. The lowest BCUT2D eigenvalue weighted by Crippen LogP contribution is -2.38. The molecule has 1 aliphatic rings. The number of anilines is 1. The first-order valence-electron chi connectivity index (χ1n) is 12.4. The number of alkyl carbamates (subject to hydrolysis) is 1. The molecule has 1 aliphatic carbocycles. The molecule has 0 radical (unpaired) electrons. The fourth-order valence-electron chi connectivity index (χ4n) is 4.35. The quantitative estimate of drug-likeness (QED) is 0.491. The van der Waals surface area contributed by atoms with Gasteiger partial charge in [0.2, 0.25) is 11.9 Å². The molecule has 0 fully saturated rings. The Kier molecular flexibility index (Phi) is 8.73. The molecule has 1 aromatic carbocycles. The van der Waals surface area contributed by atoms with E-state index in [9.17, 15) is 9.59 Å². The highest BCUT2D eigenvalue weighted by Crippen LogP contribution is 2.36. The minimum absolute atomic E-state index is 0.00314. The molecular weight excluding hydrogens is 474 g/mol. The highest BCUT2D eigenvalue weighted by Gasteiger charge is 2.33. The Balaban J connectivity index is 1.64. The summed E-state index contributed by atoms with van der Waals surface area (Å²) >= 11 is 0. The van der Waals surface area contributed by atoms with Gasteiger partial charge in [-0.3, -0.25) is 4.79 Å². The van der Waals surface area contributed by atoms with E-state index >= 15 is 0 Å². The molecule has 0 saturated carbocycles. The van der Waals surface area contributed by atoms with Crippen LogP contribution in [0.5, 0.6) is 11.5 Å². The van der Waals surface area contributed by atoms with E-state index in [2.05, 4.69) is 10.3 Å². The molecule has 10 heteroatoms. The number of benzene rings is 1. The lowest BCUT2D eigenvalue weighted by atomic mass is 9.84. The zero-order chi connectivity index (χ0) is 27.3. The van der Waals surface area contributed by atoms with Crippen molar-refractivity contribution in [3.63, 3.8) is 0 Å². The van der Waals surface area contributed by atoms with Crippen LogP contribution in [-0.4, -0.2) is 66.4 Å². The van der Waals surface area contributed by atoms with E-state index in [1.807, 2.05) is 62.6 Å². The molecule has 0 aliphatic heterocycles. The number of carbonyl (C=O) groups is 2. The van der Waals surface area contributed by atoms with Gasteiger partial charge < -0.3 is 34.7 Å². The third-order valence-corrected chi connectivity index (χ3v) is 6.32. The maximum Gasteiger partial charge on any atom is 0.407 e. The van der Waals surface area contributed by atoms with Crippen molar-refractivity contribution < 1.29 is 23.8 Å². The molecule has 0 spiro atoms. The Morgan fingerprint density at radius 3 is 2.59 bits per heavy atom. The number of nitrogens with one attached hydrogen (secondary N) is 1. The lowest BCUT2D eigenvalue weighted by molar-refractivity contribution is -0.133. The van der Waals surface area contributed by atoms with E-state index in [0.29, 0.717) is 43.5 Å². The molecule has 2 atom stereocenters. The highest BCUT2D eigenvalue weighted by molar-refractivity contribution is 5.83. The molecule has 0 bridgehead atoms. The molecule has 0 saturated heterocycles. The first-order chi connectivity index (χ1) is 17.4. The van der Waals surface area contributed by atoms with Crippen LogP contribution in [0.4, 0.5) is 10.7 Å². The predicted molar refractivity (Wildman–Crippen MR) is 143 cm³/mol. The van der Waals surface area contributed by atoms with Crippen LogP contribution in [0, 0.1) is 5.92 Å². The minimum atomic E-state index is -0.545. The first-order valence-corrected chi connectivity index (χ1v) is 12.4. The number of hydrogen-bond donors (Lipinski definition) is 2. The van der Waals surface area contributed by atoms with Crippen molar-refractivity contribution in [3.8, 4) is 11.5 Å². The van der Waals surface area contributed by atoms with Crippen LogP contribution in [-0.2, 0) is 16.1 Å². The summed E-state index contributed by atoms with van der Waals surface area (Å²) in [6.07, 6.45) is 4.00. The van der Waals surface area contributed by atoms with Gasteiger partial charge in [-0.15, -0.1) is 0 Å². The van der Waals surface area contributed by atoms with E-state index in [4.69, 9.17) is 19.9 Å². The van der Waals surface area contributed by atoms with Gasteiger partial charge in [-0.2, -0.15) is 0 Å². The highest BCUT2D eigenvalue weighted by atomic mass is 16.6. The standard InChI is InChI=1S/C27H39N5O5/c1-17-20(24(33)31(5)14-8-13-29-26(34)37-27(2,3)4)11-12-21-23(17)30-25(28)32(21)16-18-9-10-19(35-6)15-22(18)36-7/h9-12,15,17,20H,8,13-14,16H2,1-7H3,(H2,28,30)(H,29,34). The molecular formula is C27H39N5O5. The van der Waals surface area contributed by atoms with Gasteiger partial charge in [0.25, 0.3) is 0 Å². The molecule has 1 aromatic heterocycles. The molecule has 10 nitrogen and oxygen atoms in total. The normalized spacial score (nSPS) is 16.6. The van der Waals surface area contributed by atoms with Gasteiger partial charge >= 0.3 is 6.09 Å². The fraction of sp³-hybridized carbons (Fsp3) is 0.519. The Morgan fingerprint density at radius 1 is 1.22 bits per heavy atom. The van der Waals surface area contributed by atoms with Crippen LogP contribution in [0.1, 0.15) is 57.0 Å². The minimum Gasteiger partial charge on any atom is -0.497 e. The maximum absolute atomic E-state index is 13.2. The fourth-order valence-corrected chi connectivity index (χ4v) is 4.35.